The molecule has 0 fully saturated rings. The second kappa shape index (κ2) is 9.95. The quantitative estimate of drug-likeness (QED) is 0.609. The lowest BCUT2D eigenvalue weighted by Crippen LogP contribution is -2.16. The summed E-state index contributed by atoms with van der Waals surface area (Å²) in [4.78, 5) is 11.7. The normalized spacial score (nSPS) is 10.7. The fourth-order valence-corrected chi connectivity index (χ4v) is 2.70. The van der Waals surface area contributed by atoms with E-state index in [9.17, 15) is 9.18 Å². The minimum Gasteiger partial charge on any atom is -0.493 e. The Balaban J connectivity index is 1.94. The van der Waals surface area contributed by atoms with E-state index in [0.717, 1.165) is 24.0 Å². The molecule has 146 valence electrons. The number of carbonyl (C=O) groups is 1. The lowest BCUT2D eigenvalue weighted by atomic mass is 10.0. The molecule has 0 unspecified atom stereocenters. The summed E-state index contributed by atoms with van der Waals surface area (Å²) in [7, 11) is 3.22. The molecule has 2 aromatic carbocycles. The van der Waals surface area contributed by atoms with Crippen molar-refractivity contribution in [1.29, 1.82) is 0 Å². The molecule has 0 amide bonds. The highest BCUT2D eigenvalue weighted by molar-refractivity contribution is 5.81. The number of benzene rings is 2. The van der Waals surface area contributed by atoms with Gasteiger partial charge in [-0.15, -0.1) is 0 Å². The average molecular weight is 374 g/mol. The van der Waals surface area contributed by atoms with E-state index in [1.165, 1.54) is 12.1 Å². The third-order valence-corrected chi connectivity index (χ3v) is 4.33. The van der Waals surface area contributed by atoms with Crippen molar-refractivity contribution < 1.29 is 23.4 Å². The van der Waals surface area contributed by atoms with E-state index < -0.39 is 0 Å². The molecule has 4 nitrogen and oxygen atoms in total. The van der Waals surface area contributed by atoms with Crippen molar-refractivity contribution in [2.24, 2.45) is 5.92 Å². The van der Waals surface area contributed by atoms with Gasteiger partial charge in [0.25, 0.3) is 0 Å². The SMILES string of the molecule is COc1ccc(CCCc2cc(F)cc(OCC(=O)C(C)C)c2)cc1OC. The van der Waals surface area contributed by atoms with Crippen molar-refractivity contribution >= 4 is 5.78 Å². The second-order valence-corrected chi connectivity index (χ2v) is 6.75. The molecule has 0 aromatic heterocycles. The zero-order chi connectivity index (χ0) is 19.8. The summed E-state index contributed by atoms with van der Waals surface area (Å²) in [5, 5.41) is 0. The first-order valence-corrected chi connectivity index (χ1v) is 9.08. The Morgan fingerprint density at radius 3 is 2.33 bits per heavy atom. The molecule has 0 saturated heterocycles. The number of carbonyl (C=O) groups excluding carboxylic acids is 1. The van der Waals surface area contributed by atoms with Crippen LogP contribution in [0.25, 0.3) is 0 Å². The second-order valence-electron chi connectivity index (χ2n) is 6.75. The monoisotopic (exact) mass is 374 g/mol. The van der Waals surface area contributed by atoms with Crippen LogP contribution in [-0.4, -0.2) is 26.6 Å². The van der Waals surface area contributed by atoms with Crippen LogP contribution in [0.2, 0.25) is 0 Å². The summed E-state index contributed by atoms with van der Waals surface area (Å²) in [6.45, 7) is 3.60. The molecule has 2 aromatic rings. The first-order chi connectivity index (χ1) is 12.9. The standard InChI is InChI=1S/C22H27FO4/c1-15(2)20(24)14-27-19-11-17(10-18(23)13-19)7-5-6-16-8-9-21(25-3)22(12-16)26-4/h8-13,15H,5-7,14H2,1-4H3. The van der Waals surface area contributed by atoms with E-state index in [0.29, 0.717) is 23.7 Å². The Morgan fingerprint density at radius 1 is 0.963 bits per heavy atom. The van der Waals surface area contributed by atoms with Crippen LogP contribution in [0.5, 0.6) is 17.2 Å². The lowest BCUT2D eigenvalue weighted by Gasteiger charge is -2.11. The van der Waals surface area contributed by atoms with Crippen LogP contribution >= 0.6 is 0 Å². The Labute approximate surface area is 160 Å². The number of ether oxygens (including phenoxy) is 3. The molecule has 0 aliphatic carbocycles. The van der Waals surface area contributed by atoms with Gasteiger partial charge in [-0.05, 0) is 54.7 Å². The average Bonchev–Trinajstić information content (AvgIpc) is 2.65. The highest BCUT2D eigenvalue weighted by Crippen LogP contribution is 2.28. The van der Waals surface area contributed by atoms with Crippen molar-refractivity contribution in [1.82, 2.24) is 0 Å². The van der Waals surface area contributed by atoms with Crippen molar-refractivity contribution in [3.63, 3.8) is 0 Å². The number of ketones is 1. The number of methoxy groups -OCH3 is 2. The van der Waals surface area contributed by atoms with Gasteiger partial charge in [0.2, 0.25) is 0 Å². The van der Waals surface area contributed by atoms with Crippen LogP contribution in [0.15, 0.2) is 36.4 Å². The number of hydrogen-bond acceptors (Lipinski definition) is 4. The number of Topliss-reactive ketones (excluding diaryl/α,β-unsaturated/α-hetero) is 1. The van der Waals surface area contributed by atoms with Crippen molar-refractivity contribution in [3.8, 4) is 17.2 Å². The predicted molar refractivity (Wildman–Crippen MR) is 103 cm³/mol. The Bertz CT molecular complexity index is 771. The Hall–Kier alpha value is -2.56. The molecule has 0 saturated carbocycles. The van der Waals surface area contributed by atoms with Crippen LogP contribution in [0.4, 0.5) is 4.39 Å². The fourth-order valence-electron chi connectivity index (χ4n) is 2.70. The zero-order valence-electron chi connectivity index (χ0n) is 16.4. The van der Waals surface area contributed by atoms with Gasteiger partial charge in [-0.2, -0.15) is 0 Å². The maximum atomic E-state index is 13.8. The lowest BCUT2D eigenvalue weighted by molar-refractivity contribution is -0.123. The molecular weight excluding hydrogens is 347 g/mol. The van der Waals surface area contributed by atoms with Gasteiger partial charge in [0.15, 0.2) is 17.3 Å². The highest BCUT2D eigenvalue weighted by atomic mass is 19.1. The van der Waals surface area contributed by atoms with Gasteiger partial charge in [0.1, 0.15) is 18.2 Å². The summed E-state index contributed by atoms with van der Waals surface area (Å²) >= 11 is 0. The zero-order valence-corrected chi connectivity index (χ0v) is 16.4. The summed E-state index contributed by atoms with van der Waals surface area (Å²) in [6, 6.07) is 10.5. The van der Waals surface area contributed by atoms with E-state index >= 15 is 0 Å². The van der Waals surface area contributed by atoms with Crippen LogP contribution in [0.3, 0.4) is 0 Å². The third kappa shape index (κ3) is 6.27. The van der Waals surface area contributed by atoms with Crippen molar-refractivity contribution in [2.75, 3.05) is 20.8 Å². The van der Waals surface area contributed by atoms with Crippen LogP contribution in [0, 0.1) is 11.7 Å². The Kier molecular flexibility index (Phi) is 7.65. The summed E-state index contributed by atoms with van der Waals surface area (Å²) < 4.78 is 29.9. The van der Waals surface area contributed by atoms with E-state index in [1.807, 2.05) is 32.0 Å². The van der Waals surface area contributed by atoms with Crippen LogP contribution in [-0.2, 0) is 17.6 Å². The van der Waals surface area contributed by atoms with Gasteiger partial charge in [-0.25, -0.2) is 4.39 Å². The number of hydrogen-bond donors (Lipinski definition) is 0. The van der Waals surface area contributed by atoms with Crippen LogP contribution < -0.4 is 14.2 Å². The van der Waals surface area contributed by atoms with Gasteiger partial charge < -0.3 is 14.2 Å². The topological polar surface area (TPSA) is 44.8 Å². The largest absolute Gasteiger partial charge is 0.493 e. The molecule has 0 aliphatic heterocycles. The molecule has 0 radical (unpaired) electrons. The summed E-state index contributed by atoms with van der Waals surface area (Å²) in [5.41, 5.74) is 1.98. The van der Waals surface area contributed by atoms with Gasteiger partial charge in [0.05, 0.1) is 14.2 Å². The first-order valence-electron chi connectivity index (χ1n) is 9.08. The van der Waals surface area contributed by atoms with Gasteiger partial charge in [-0.3, -0.25) is 4.79 Å². The maximum absolute atomic E-state index is 13.8. The molecule has 27 heavy (non-hydrogen) atoms. The van der Waals surface area contributed by atoms with E-state index in [-0.39, 0.29) is 24.1 Å². The molecular formula is C22H27FO4. The van der Waals surface area contributed by atoms with Crippen molar-refractivity contribution in [3.05, 3.63) is 53.3 Å². The number of aryl methyl sites for hydroxylation is 2. The predicted octanol–water partition coefficient (Wildman–Crippen LogP) is 4.62. The van der Waals surface area contributed by atoms with E-state index in [2.05, 4.69) is 0 Å². The maximum Gasteiger partial charge on any atom is 0.172 e. The molecule has 0 atom stereocenters. The van der Waals surface area contributed by atoms with Gasteiger partial charge >= 0.3 is 0 Å². The number of halogens is 1. The molecule has 0 aliphatic rings. The van der Waals surface area contributed by atoms with Crippen molar-refractivity contribution in [2.45, 2.75) is 33.1 Å². The minimum absolute atomic E-state index is 0.00531. The van der Waals surface area contributed by atoms with Gasteiger partial charge in [0, 0.05) is 12.0 Å². The molecule has 0 spiro atoms. The van der Waals surface area contributed by atoms with E-state index in [4.69, 9.17) is 14.2 Å². The molecule has 0 N–H and O–H groups in total. The molecule has 5 heteroatoms. The highest BCUT2D eigenvalue weighted by Gasteiger charge is 2.10. The van der Waals surface area contributed by atoms with Crippen LogP contribution in [0.1, 0.15) is 31.4 Å². The minimum atomic E-state index is -0.356. The third-order valence-electron chi connectivity index (χ3n) is 4.33. The first kappa shape index (κ1) is 20.7. The molecule has 2 rings (SSSR count). The summed E-state index contributed by atoms with van der Waals surface area (Å²) in [6.07, 6.45) is 2.39. The Morgan fingerprint density at radius 2 is 1.67 bits per heavy atom. The molecule has 0 heterocycles. The number of rotatable bonds is 10. The smallest absolute Gasteiger partial charge is 0.172 e. The molecule has 0 bridgehead atoms. The fraction of sp³-hybridized carbons (Fsp3) is 0.409. The van der Waals surface area contributed by atoms with E-state index in [1.54, 1.807) is 20.3 Å². The summed E-state index contributed by atoms with van der Waals surface area (Å²) in [5.74, 6) is 1.33. The van der Waals surface area contributed by atoms with Gasteiger partial charge in [-0.1, -0.05) is 19.9 Å².